The summed E-state index contributed by atoms with van der Waals surface area (Å²) in [6, 6.07) is 10.1. The number of aryl methyl sites for hydroxylation is 1. The minimum atomic E-state index is 0.861. The van der Waals surface area contributed by atoms with E-state index in [1.807, 2.05) is 0 Å². The van der Waals surface area contributed by atoms with Gasteiger partial charge in [-0.3, -0.25) is 9.80 Å². The van der Waals surface area contributed by atoms with Gasteiger partial charge in [0.1, 0.15) is 0 Å². The van der Waals surface area contributed by atoms with Crippen molar-refractivity contribution in [2.24, 2.45) is 5.92 Å². The van der Waals surface area contributed by atoms with Crippen LogP contribution in [-0.4, -0.2) is 42.0 Å². The van der Waals surface area contributed by atoms with Gasteiger partial charge in [0.15, 0.2) is 0 Å². The first-order valence-corrected chi connectivity index (χ1v) is 9.30. The van der Waals surface area contributed by atoms with Gasteiger partial charge in [0.2, 0.25) is 0 Å². The van der Waals surface area contributed by atoms with E-state index in [1.165, 1.54) is 63.0 Å². The van der Waals surface area contributed by atoms with E-state index in [0.29, 0.717) is 0 Å². The fourth-order valence-corrected chi connectivity index (χ4v) is 4.23. The van der Waals surface area contributed by atoms with E-state index in [9.17, 15) is 0 Å². The van der Waals surface area contributed by atoms with Gasteiger partial charge in [-0.25, -0.2) is 0 Å². The van der Waals surface area contributed by atoms with Crippen LogP contribution in [0.3, 0.4) is 0 Å². The molecular formula is C20H32N2. The molecule has 2 atom stereocenters. The molecule has 1 aliphatic heterocycles. The Bertz CT molecular complexity index is 445. The van der Waals surface area contributed by atoms with Gasteiger partial charge in [0.25, 0.3) is 0 Å². The number of piperazine rings is 1. The molecule has 122 valence electrons. The van der Waals surface area contributed by atoms with Gasteiger partial charge in [0, 0.05) is 38.8 Å². The van der Waals surface area contributed by atoms with Crippen LogP contribution in [0.2, 0.25) is 0 Å². The molecule has 0 aromatic heterocycles. The second kappa shape index (κ2) is 7.61. The lowest BCUT2D eigenvalue weighted by molar-refractivity contribution is 0.0518. The molecule has 1 aromatic carbocycles. The molecule has 3 rings (SSSR count). The summed E-state index contributed by atoms with van der Waals surface area (Å²) < 4.78 is 0. The average molecular weight is 300 g/mol. The first-order valence-electron chi connectivity index (χ1n) is 9.30. The third kappa shape index (κ3) is 3.91. The maximum absolute atomic E-state index is 2.78. The summed E-state index contributed by atoms with van der Waals surface area (Å²) in [4.78, 5) is 5.41. The highest BCUT2D eigenvalue weighted by atomic mass is 15.3. The summed E-state index contributed by atoms with van der Waals surface area (Å²) in [5.41, 5.74) is 2.91. The molecule has 1 aromatic rings. The minimum absolute atomic E-state index is 0.861. The van der Waals surface area contributed by atoms with Crippen LogP contribution in [0, 0.1) is 5.92 Å². The van der Waals surface area contributed by atoms with E-state index in [-0.39, 0.29) is 0 Å². The molecule has 2 fully saturated rings. The molecule has 1 aliphatic carbocycles. The summed E-state index contributed by atoms with van der Waals surface area (Å²) >= 11 is 0. The summed E-state index contributed by atoms with van der Waals surface area (Å²) in [7, 11) is 0. The maximum atomic E-state index is 2.78. The van der Waals surface area contributed by atoms with Crippen molar-refractivity contribution in [1.29, 1.82) is 0 Å². The molecule has 0 bridgehead atoms. The van der Waals surface area contributed by atoms with Crippen LogP contribution in [0.1, 0.15) is 50.7 Å². The first kappa shape index (κ1) is 16.0. The summed E-state index contributed by atoms with van der Waals surface area (Å²) in [6.45, 7) is 10.8. The van der Waals surface area contributed by atoms with Crippen LogP contribution in [0.4, 0.5) is 0 Å². The van der Waals surface area contributed by atoms with Gasteiger partial charge >= 0.3 is 0 Å². The Hall–Kier alpha value is -0.860. The molecule has 22 heavy (non-hydrogen) atoms. The van der Waals surface area contributed by atoms with Crippen LogP contribution in [0.5, 0.6) is 0 Å². The third-order valence-electron chi connectivity index (χ3n) is 5.78. The van der Waals surface area contributed by atoms with E-state index in [2.05, 4.69) is 47.9 Å². The van der Waals surface area contributed by atoms with Crippen molar-refractivity contribution in [2.45, 2.75) is 58.5 Å². The number of benzene rings is 1. The number of rotatable bonds is 4. The number of hydrogen-bond acceptors (Lipinski definition) is 2. The van der Waals surface area contributed by atoms with Gasteiger partial charge in [0.05, 0.1) is 0 Å². The zero-order valence-corrected chi connectivity index (χ0v) is 14.4. The highest BCUT2D eigenvalue weighted by molar-refractivity contribution is 5.22. The Morgan fingerprint density at radius 3 is 2.18 bits per heavy atom. The van der Waals surface area contributed by atoms with Gasteiger partial charge in [-0.2, -0.15) is 0 Å². The number of nitrogens with zero attached hydrogens (tertiary/aromatic N) is 2. The molecule has 0 unspecified atom stereocenters. The Kier molecular flexibility index (Phi) is 5.54. The Morgan fingerprint density at radius 1 is 0.909 bits per heavy atom. The monoisotopic (exact) mass is 300 g/mol. The molecule has 0 N–H and O–H groups in total. The lowest BCUT2D eigenvalue weighted by Crippen LogP contribution is -2.52. The van der Waals surface area contributed by atoms with Gasteiger partial charge in [-0.1, -0.05) is 51.0 Å². The second-order valence-corrected chi connectivity index (χ2v) is 7.31. The van der Waals surface area contributed by atoms with Crippen LogP contribution >= 0.6 is 0 Å². The van der Waals surface area contributed by atoms with Crippen molar-refractivity contribution < 1.29 is 0 Å². The van der Waals surface area contributed by atoms with Crippen LogP contribution < -0.4 is 0 Å². The quantitative estimate of drug-likeness (QED) is 0.831. The smallest absolute Gasteiger partial charge is 0.0234 e. The second-order valence-electron chi connectivity index (χ2n) is 7.31. The van der Waals surface area contributed by atoms with Gasteiger partial charge in [-0.15, -0.1) is 0 Å². The van der Waals surface area contributed by atoms with E-state index in [1.54, 1.807) is 0 Å². The highest BCUT2D eigenvalue weighted by Crippen LogP contribution is 2.28. The fraction of sp³-hybridized carbons (Fsp3) is 0.700. The molecule has 1 heterocycles. The van der Waals surface area contributed by atoms with E-state index < -0.39 is 0 Å². The average Bonchev–Trinajstić information content (AvgIpc) is 2.57. The van der Waals surface area contributed by atoms with Crippen molar-refractivity contribution in [3.8, 4) is 0 Å². The van der Waals surface area contributed by atoms with Crippen molar-refractivity contribution in [2.75, 3.05) is 26.2 Å². The molecule has 2 aliphatic rings. The maximum Gasteiger partial charge on any atom is 0.0234 e. The fourth-order valence-electron chi connectivity index (χ4n) is 4.23. The largest absolute Gasteiger partial charge is 0.298 e. The highest BCUT2D eigenvalue weighted by Gasteiger charge is 2.29. The topological polar surface area (TPSA) is 6.48 Å². The van der Waals surface area contributed by atoms with Crippen molar-refractivity contribution >= 4 is 0 Å². The Morgan fingerprint density at radius 2 is 1.55 bits per heavy atom. The van der Waals surface area contributed by atoms with Crippen LogP contribution in [0.15, 0.2) is 24.3 Å². The lowest BCUT2D eigenvalue weighted by atomic mass is 9.84. The molecule has 2 nitrogen and oxygen atoms in total. The van der Waals surface area contributed by atoms with E-state index in [0.717, 1.165) is 24.9 Å². The molecule has 0 radical (unpaired) electrons. The zero-order valence-electron chi connectivity index (χ0n) is 14.4. The summed E-state index contributed by atoms with van der Waals surface area (Å²) in [5, 5.41) is 0. The standard InChI is InChI=1S/C20H32N2/c1-3-18-8-10-19(11-9-18)16-21-12-14-22(15-13-21)20-7-5-4-6-17(20)2/h8-11,17,20H,3-7,12-16H2,1-2H3/t17-,20-/m0/s1. The predicted molar refractivity (Wildman–Crippen MR) is 94.1 cm³/mol. The van der Waals surface area contributed by atoms with Crippen LogP contribution in [-0.2, 0) is 13.0 Å². The van der Waals surface area contributed by atoms with Gasteiger partial charge < -0.3 is 0 Å². The lowest BCUT2D eigenvalue weighted by Gasteiger charge is -2.43. The Balaban J connectivity index is 1.48. The molecule has 1 saturated heterocycles. The first-order chi connectivity index (χ1) is 10.8. The predicted octanol–water partition coefficient (Wildman–Crippen LogP) is 3.95. The van der Waals surface area contributed by atoms with Crippen LogP contribution in [0.25, 0.3) is 0 Å². The van der Waals surface area contributed by atoms with Crippen molar-refractivity contribution in [3.05, 3.63) is 35.4 Å². The molecule has 0 spiro atoms. The van der Waals surface area contributed by atoms with E-state index in [4.69, 9.17) is 0 Å². The molecule has 0 amide bonds. The third-order valence-corrected chi connectivity index (χ3v) is 5.78. The zero-order chi connectivity index (χ0) is 15.4. The van der Waals surface area contributed by atoms with Crippen molar-refractivity contribution in [3.63, 3.8) is 0 Å². The van der Waals surface area contributed by atoms with Crippen molar-refractivity contribution in [1.82, 2.24) is 9.80 Å². The summed E-state index contributed by atoms with van der Waals surface area (Å²) in [5.74, 6) is 0.905. The molecule has 1 saturated carbocycles. The molecule has 2 heteroatoms. The minimum Gasteiger partial charge on any atom is -0.298 e. The SMILES string of the molecule is CCc1ccc(CN2CCN([C@H]3CCCC[C@@H]3C)CC2)cc1. The normalized spacial score (nSPS) is 27.9. The van der Waals surface area contributed by atoms with Gasteiger partial charge in [-0.05, 0) is 36.3 Å². The number of hydrogen-bond donors (Lipinski definition) is 0. The Labute approximate surface area is 136 Å². The summed E-state index contributed by atoms with van der Waals surface area (Å²) in [6.07, 6.45) is 6.90. The van der Waals surface area contributed by atoms with E-state index >= 15 is 0 Å². The molecular weight excluding hydrogens is 268 g/mol.